The SMILES string of the molecule is CC(CBr)CCCNC(=O)c1ccc(I)c(Cl)c1. The van der Waals surface area contributed by atoms with E-state index in [0.29, 0.717) is 23.0 Å². The van der Waals surface area contributed by atoms with Gasteiger partial charge >= 0.3 is 0 Å². The Hall–Kier alpha value is 0.190. The van der Waals surface area contributed by atoms with Crippen molar-refractivity contribution in [3.63, 3.8) is 0 Å². The molecule has 1 N–H and O–H groups in total. The maximum Gasteiger partial charge on any atom is 0.251 e. The van der Waals surface area contributed by atoms with Gasteiger partial charge in [0, 0.05) is 21.0 Å². The highest BCUT2D eigenvalue weighted by atomic mass is 127. The van der Waals surface area contributed by atoms with Gasteiger partial charge < -0.3 is 5.32 Å². The van der Waals surface area contributed by atoms with Crippen LogP contribution >= 0.6 is 50.1 Å². The first-order valence-corrected chi connectivity index (χ1v) is 8.41. The van der Waals surface area contributed by atoms with Crippen molar-refractivity contribution in [1.29, 1.82) is 0 Å². The average Bonchev–Trinajstić information content (AvgIpc) is 2.37. The van der Waals surface area contributed by atoms with Crippen molar-refractivity contribution < 1.29 is 4.79 Å². The Morgan fingerprint density at radius 2 is 2.28 bits per heavy atom. The fraction of sp³-hybridized carbons (Fsp3) is 0.462. The summed E-state index contributed by atoms with van der Waals surface area (Å²) in [6.45, 7) is 2.90. The Morgan fingerprint density at radius 3 is 2.89 bits per heavy atom. The molecule has 5 heteroatoms. The number of rotatable bonds is 6. The summed E-state index contributed by atoms with van der Waals surface area (Å²) in [4.78, 5) is 11.8. The Balaban J connectivity index is 2.39. The Bertz CT molecular complexity index is 414. The van der Waals surface area contributed by atoms with Crippen LogP contribution in [0, 0.1) is 9.49 Å². The molecule has 0 saturated heterocycles. The van der Waals surface area contributed by atoms with Crippen molar-refractivity contribution in [2.45, 2.75) is 19.8 Å². The Morgan fingerprint density at radius 1 is 1.56 bits per heavy atom. The molecule has 0 fully saturated rings. The molecule has 18 heavy (non-hydrogen) atoms. The first kappa shape index (κ1) is 16.2. The van der Waals surface area contributed by atoms with E-state index in [2.05, 4.69) is 50.8 Å². The summed E-state index contributed by atoms with van der Waals surface area (Å²) in [5.41, 5.74) is 0.619. The smallest absolute Gasteiger partial charge is 0.251 e. The maximum absolute atomic E-state index is 11.8. The zero-order valence-corrected chi connectivity index (χ0v) is 14.7. The van der Waals surface area contributed by atoms with Gasteiger partial charge in [-0.15, -0.1) is 0 Å². The summed E-state index contributed by atoms with van der Waals surface area (Å²) in [6, 6.07) is 5.36. The topological polar surface area (TPSA) is 29.1 Å². The van der Waals surface area contributed by atoms with E-state index in [0.717, 1.165) is 21.7 Å². The summed E-state index contributed by atoms with van der Waals surface area (Å²) in [5, 5.41) is 4.54. The lowest BCUT2D eigenvalue weighted by molar-refractivity contribution is 0.0952. The van der Waals surface area contributed by atoms with Gasteiger partial charge in [-0.2, -0.15) is 0 Å². The molecule has 1 atom stereocenters. The molecule has 1 aromatic carbocycles. The molecule has 2 nitrogen and oxygen atoms in total. The number of benzene rings is 1. The second-order valence-electron chi connectivity index (χ2n) is 4.29. The molecule has 0 aliphatic heterocycles. The minimum absolute atomic E-state index is 0.0557. The molecule has 0 heterocycles. The summed E-state index contributed by atoms with van der Waals surface area (Å²) < 4.78 is 0.956. The molecule has 0 radical (unpaired) electrons. The van der Waals surface area contributed by atoms with Crippen molar-refractivity contribution in [3.05, 3.63) is 32.4 Å². The fourth-order valence-electron chi connectivity index (χ4n) is 1.47. The summed E-state index contributed by atoms with van der Waals surface area (Å²) in [7, 11) is 0. The molecule has 100 valence electrons. The molecule has 0 aliphatic carbocycles. The largest absolute Gasteiger partial charge is 0.352 e. The van der Waals surface area contributed by atoms with Crippen LogP contribution in [0.15, 0.2) is 18.2 Å². The monoisotopic (exact) mass is 443 g/mol. The highest BCUT2D eigenvalue weighted by molar-refractivity contribution is 14.1. The van der Waals surface area contributed by atoms with Crippen LogP contribution in [0.2, 0.25) is 5.02 Å². The third-order valence-electron chi connectivity index (χ3n) is 2.60. The van der Waals surface area contributed by atoms with Crippen LogP contribution in [0.3, 0.4) is 0 Å². The van der Waals surface area contributed by atoms with Crippen molar-refractivity contribution in [1.82, 2.24) is 5.32 Å². The van der Waals surface area contributed by atoms with Crippen LogP contribution in [0.4, 0.5) is 0 Å². The summed E-state index contributed by atoms with van der Waals surface area (Å²) >= 11 is 11.6. The van der Waals surface area contributed by atoms with E-state index in [1.165, 1.54) is 0 Å². The third kappa shape index (κ3) is 5.45. The van der Waals surface area contributed by atoms with E-state index in [-0.39, 0.29) is 5.91 Å². The summed E-state index contributed by atoms with van der Waals surface area (Å²) in [5.74, 6) is 0.592. The second-order valence-corrected chi connectivity index (χ2v) is 6.50. The van der Waals surface area contributed by atoms with Gasteiger partial charge in [-0.05, 0) is 59.5 Å². The lowest BCUT2D eigenvalue weighted by atomic mass is 10.1. The second kappa shape index (κ2) is 8.38. The fourth-order valence-corrected chi connectivity index (χ4v) is 2.31. The lowest BCUT2D eigenvalue weighted by Gasteiger charge is -2.08. The van der Waals surface area contributed by atoms with Crippen LogP contribution in [-0.4, -0.2) is 17.8 Å². The number of nitrogens with one attached hydrogen (secondary N) is 1. The van der Waals surface area contributed by atoms with E-state index in [1.807, 2.05) is 6.07 Å². The van der Waals surface area contributed by atoms with Crippen molar-refractivity contribution in [3.8, 4) is 0 Å². The van der Waals surface area contributed by atoms with Gasteiger partial charge in [0.15, 0.2) is 0 Å². The van der Waals surface area contributed by atoms with Gasteiger partial charge in [0.25, 0.3) is 5.91 Å². The molecule has 1 rings (SSSR count). The highest BCUT2D eigenvalue weighted by Crippen LogP contribution is 2.19. The van der Waals surface area contributed by atoms with Crippen LogP contribution in [-0.2, 0) is 0 Å². The van der Waals surface area contributed by atoms with Crippen molar-refractivity contribution in [2.75, 3.05) is 11.9 Å². The standard InChI is InChI=1S/C13H16BrClINO/c1-9(8-14)3-2-6-17-13(18)10-4-5-12(16)11(15)7-10/h4-5,7,9H,2-3,6,8H2,1H3,(H,17,18). The Kier molecular flexibility index (Phi) is 7.56. The number of hydrogen-bond acceptors (Lipinski definition) is 1. The molecular formula is C13H16BrClINO. The number of carbonyl (C=O) groups is 1. The molecular weight excluding hydrogens is 428 g/mol. The van der Waals surface area contributed by atoms with E-state index < -0.39 is 0 Å². The van der Waals surface area contributed by atoms with E-state index >= 15 is 0 Å². The van der Waals surface area contributed by atoms with E-state index in [4.69, 9.17) is 11.6 Å². The van der Waals surface area contributed by atoms with Crippen molar-refractivity contribution in [2.24, 2.45) is 5.92 Å². The molecule has 0 aromatic heterocycles. The molecule has 0 spiro atoms. The van der Waals surface area contributed by atoms with Crippen LogP contribution in [0.5, 0.6) is 0 Å². The lowest BCUT2D eigenvalue weighted by Crippen LogP contribution is -2.24. The minimum atomic E-state index is -0.0557. The first-order chi connectivity index (χ1) is 8.54. The average molecular weight is 445 g/mol. The maximum atomic E-state index is 11.8. The number of halogens is 3. The van der Waals surface area contributed by atoms with Gasteiger partial charge in [0.1, 0.15) is 0 Å². The van der Waals surface area contributed by atoms with Crippen LogP contribution < -0.4 is 5.32 Å². The van der Waals surface area contributed by atoms with Crippen LogP contribution in [0.25, 0.3) is 0 Å². The zero-order valence-electron chi connectivity index (χ0n) is 10.2. The quantitative estimate of drug-likeness (QED) is 0.391. The minimum Gasteiger partial charge on any atom is -0.352 e. The highest BCUT2D eigenvalue weighted by Gasteiger charge is 2.07. The zero-order chi connectivity index (χ0) is 13.5. The molecule has 0 aliphatic rings. The molecule has 1 aromatic rings. The third-order valence-corrected chi connectivity index (χ3v) is 5.28. The van der Waals surface area contributed by atoms with Gasteiger partial charge in [-0.3, -0.25) is 4.79 Å². The van der Waals surface area contributed by atoms with Gasteiger partial charge in [0.05, 0.1) is 5.02 Å². The van der Waals surface area contributed by atoms with E-state index in [9.17, 15) is 4.79 Å². The number of amides is 1. The van der Waals surface area contributed by atoms with E-state index in [1.54, 1.807) is 12.1 Å². The molecule has 1 unspecified atom stereocenters. The summed E-state index contributed by atoms with van der Waals surface area (Å²) in [6.07, 6.45) is 2.11. The molecule has 1 amide bonds. The molecule has 0 saturated carbocycles. The predicted octanol–water partition coefficient (Wildman–Crippen LogP) is 4.49. The number of alkyl halides is 1. The van der Waals surface area contributed by atoms with Crippen molar-refractivity contribution >= 4 is 56.0 Å². The van der Waals surface area contributed by atoms with Gasteiger partial charge in [0.2, 0.25) is 0 Å². The number of hydrogen-bond donors (Lipinski definition) is 1. The Labute approximate surface area is 135 Å². The normalized spacial score (nSPS) is 12.2. The van der Waals surface area contributed by atoms with Crippen LogP contribution in [0.1, 0.15) is 30.1 Å². The predicted molar refractivity (Wildman–Crippen MR) is 88.7 cm³/mol. The van der Waals surface area contributed by atoms with Gasteiger partial charge in [-0.1, -0.05) is 34.5 Å². The number of carbonyl (C=O) groups excluding carboxylic acids is 1. The molecule has 0 bridgehead atoms. The first-order valence-electron chi connectivity index (χ1n) is 5.83. The van der Waals surface area contributed by atoms with Gasteiger partial charge in [-0.25, -0.2) is 0 Å².